The Morgan fingerprint density at radius 2 is 2.00 bits per heavy atom. The van der Waals surface area contributed by atoms with Gasteiger partial charge in [0.2, 0.25) is 0 Å². The SMILES string of the molecule is O=S([O-])OOS(=O)(=O)O. The van der Waals surface area contributed by atoms with Gasteiger partial charge < -0.3 is 4.55 Å². The van der Waals surface area contributed by atoms with E-state index in [0.717, 1.165) is 0 Å². The normalized spacial score (nSPS) is 15.3. The van der Waals surface area contributed by atoms with E-state index < -0.39 is 21.8 Å². The van der Waals surface area contributed by atoms with Crippen molar-refractivity contribution in [1.29, 1.82) is 0 Å². The zero-order valence-corrected chi connectivity index (χ0v) is 5.35. The summed E-state index contributed by atoms with van der Waals surface area (Å²) in [5.74, 6) is 0. The first-order valence-electron chi connectivity index (χ1n) is 1.35. The lowest BCUT2D eigenvalue weighted by Crippen LogP contribution is -2.05. The van der Waals surface area contributed by atoms with E-state index >= 15 is 0 Å². The summed E-state index contributed by atoms with van der Waals surface area (Å²) in [4.78, 5) is 0. The fraction of sp³-hybridized carbons (Fsp3) is 0. The van der Waals surface area contributed by atoms with Crippen molar-refractivity contribution >= 4 is 21.8 Å². The molecule has 0 spiro atoms. The van der Waals surface area contributed by atoms with Crippen molar-refractivity contribution in [3.05, 3.63) is 0 Å². The third kappa shape index (κ3) is 7.94. The molecule has 0 aliphatic carbocycles. The van der Waals surface area contributed by atoms with Crippen LogP contribution in [0.15, 0.2) is 0 Å². The van der Waals surface area contributed by atoms with Gasteiger partial charge in [0.15, 0.2) is 0 Å². The van der Waals surface area contributed by atoms with E-state index in [2.05, 4.69) is 8.67 Å². The van der Waals surface area contributed by atoms with Crippen LogP contribution in [0.5, 0.6) is 0 Å². The number of hydrogen-bond donors (Lipinski definition) is 1. The van der Waals surface area contributed by atoms with Crippen LogP contribution >= 0.6 is 0 Å². The summed E-state index contributed by atoms with van der Waals surface area (Å²) in [5.41, 5.74) is 0. The molecule has 0 aromatic heterocycles. The van der Waals surface area contributed by atoms with Gasteiger partial charge in [-0.2, -0.15) is 8.42 Å². The molecule has 0 aromatic carbocycles. The molecule has 9 heavy (non-hydrogen) atoms. The largest absolute Gasteiger partial charge is 0.747 e. The van der Waals surface area contributed by atoms with E-state index in [1.54, 1.807) is 0 Å². The van der Waals surface area contributed by atoms with Gasteiger partial charge in [-0.3, -0.25) is 4.55 Å². The molecule has 9 heteroatoms. The molecule has 0 aromatic rings. The molecule has 0 aliphatic heterocycles. The van der Waals surface area contributed by atoms with E-state index in [4.69, 9.17) is 4.55 Å². The molecule has 1 N–H and O–H groups in total. The topological polar surface area (TPSA) is 113 Å². The Morgan fingerprint density at radius 1 is 1.56 bits per heavy atom. The minimum atomic E-state index is -4.83. The summed E-state index contributed by atoms with van der Waals surface area (Å²) in [6, 6.07) is 0. The zero-order valence-electron chi connectivity index (χ0n) is 3.71. The van der Waals surface area contributed by atoms with Crippen molar-refractivity contribution in [3.8, 4) is 0 Å². The molecule has 1 unspecified atom stereocenters. The van der Waals surface area contributed by atoms with Crippen LogP contribution in [0, 0.1) is 0 Å². The van der Waals surface area contributed by atoms with E-state index in [1.807, 2.05) is 0 Å². The molecule has 1 atom stereocenters. The highest BCUT2D eigenvalue weighted by molar-refractivity contribution is 7.81. The van der Waals surface area contributed by atoms with Gasteiger partial charge in [0.1, 0.15) is 11.4 Å². The lowest BCUT2D eigenvalue weighted by Gasteiger charge is -1.99. The minimum absolute atomic E-state index is 2.91. The highest BCUT2D eigenvalue weighted by Crippen LogP contribution is 1.88. The van der Waals surface area contributed by atoms with Crippen molar-refractivity contribution < 1.29 is 30.4 Å². The monoisotopic (exact) mass is 177 g/mol. The van der Waals surface area contributed by atoms with E-state index in [9.17, 15) is 17.2 Å². The second-order valence-corrected chi connectivity index (χ2v) is 2.30. The van der Waals surface area contributed by atoms with Gasteiger partial charge in [0, 0.05) is 0 Å². The summed E-state index contributed by atoms with van der Waals surface area (Å²) >= 11 is -3.12. The van der Waals surface area contributed by atoms with Gasteiger partial charge in [-0.15, -0.1) is 4.33 Å². The number of hydrogen-bond acceptors (Lipinski definition) is 6. The van der Waals surface area contributed by atoms with Crippen molar-refractivity contribution in [2.24, 2.45) is 0 Å². The standard InChI is InChI=1S/H2O7S2/c1-8(2)6-7-9(3,4)5/h(H,1,2)(H,3,4,5)/p-1. The fourth-order valence-electron chi connectivity index (χ4n) is 0.0578. The molecule has 0 rings (SSSR count). The van der Waals surface area contributed by atoms with Crippen LogP contribution in [0.25, 0.3) is 0 Å². The Balaban J connectivity index is 3.67. The Morgan fingerprint density at radius 3 is 2.11 bits per heavy atom. The average molecular weight is 177 g/mol. The molecule has 0 radical (unpaired) electrons. The van der Waals surface area contributed by atoms with Crippen LogP contribution in [-0.2, 0) is 30.4 Å². The summed E-state index contributed by atoms with van der Waals surface area (Å²) in [6.07, 6.45) is 0. The summed E-state index contributed by atoms with van der Waals surface area (Å²) < 4.78 is 51.1. The molecule has 0 heterocycles. The summed E-state index contributed by atoms with van der Waals surface area (Å²) in [5, 5.41) is 0. The molecule has 0 saturated heterocycles. The second kappa shape index (κ2) is 3.20. The third-order valence-electron chi connectivity index (χ3n) is 0.169. The predicted octanol–water partition coefficient (Wildman–Crippen LogP) is -1.47. The van der Waals surface area contributed by atoms with Crippen molar-refractivity contribution in [3.63, 3.8) is 0 Å². The first-order valence-corrected chi connectivity index (χ1v) is 3.71. The molecule has 0 aliphatic rings. The Bertz CT molecular complexity index is 185. The van der Waals surface area contributed by atoms with Crippen LogP contribution in [0.3, 0.4) is 0 Å². The van der Waals surface area contributed by atoms with Crippen LogP contribution in [-0.4, -0.2) is 21.7 Å². The van der Waals surface area contributed by atoms with E-state index in [-0.39, 0.29) is 0 Å². The Labute approximate surface area is 53.0 Å². The third-order valence-corrected chi connectivity index (χ3v) is 0.675. The smallest absolute Gasteiger partial charge is 0.425 e. The lowest BCUT2D eigenvalue weighted by molar-refractivity contribution is -0.0972. The molecule has 7 nitrogen and oxygen atoms in total. The maximum atomic E-state index is 9.47. The maximum absolute atomic E-state index is 9.47. The van der Waals surface area contributed by atoms with Gasteiger partial charge >= 0.3 is 10.4 Å². The van der Waals surface area contributed by atoms with Gasteiger partial charge in [-0.25, -0.2) is 4.21 Å². The molecular weight excluding hydrogens is 176 g/mol. The average Bonchev–Trinajstić information content (AvgIpc) is 1.59. The first kappa shape index (κ1) is 8.94. The Hall–Kier alpha value is -0.0600. The zero-order chi connectivity index (χ0) is 7.49. The highest BCUT2D eigenvalue weighted by atomic mass is 32.3. The molecule has 0 fully saturated rings. The van der Waals surface area contributed by atoms with Gasteiger partial charge in [0.05, 0.1) is 0 Å². The quantitative estimate of drug-likeness (QED) is 0.242. The van der Waals surface area contributed by atoms with Crippen molar-refractivity contribution in [2.75, 3.05) is 0 Å². The van der Waals surface area contributed by atoms with Crippen molar-refractivity contribution in [1.82, 2.24) is 0 Å². The summed E-state index contributed by atoms with van der Waals surface area (Å²) in [6.45, 7) is 0. The van der Waals surface area contributed by atoms with Crippen LogP contribution < -0.4 is 0 Å². The number of rotatable bonds is 3. The predicted molar refractivity (Wildman–Crippen MR) is 22.6 cm³/mol. The van der Waals surface area contributed by atoms with Crippen molar-refractivity contribution in [2.45, 2.75) is 0 Å². The highest BCUT2D eigenvalue weighted by Gasteiger charge is 2.04. The molecular formula is HO7S2-. The molecule has 0 amide bonds. The van der Waals surface area contributed by atoms with Gasteiger partial charge in [-0.1, -0.05) is 4.33 Å². The maximum Gasteiger partial charge on any atom is 0.425 e. The minimum Gasteiger partial charge on any atom is -0.747 e. The van der Waals surface area contributed by atoms with Crippen LogP contribution in [0.2, 0.25) is 0 Å². The van der Waals surface area contributed by atoms with E-state index in [1.165, 1.54) is 0 Å². The van der Waals surface area contributed by atoms with Crippen LogP contribution in [0.1, 0.15) is 0 Å². The van der Waals surface area contributed by atoms with Crippen LogP contribution in [0.4, 0.5) is 0 Å². The molecule has 56 valence electrons. The Kier molecular flexibility index (Phi) is 3.17. The second-order valence-electron chi connectivity index (χ2n) is 0.768. The van der Waals surface area contributed by atoms with Gasteiger partial charge in [0.25, 0.3) is 0 Å². The van der Waals surface area contributed by atoms with Gasteiger partial charge in [-0.05, 0) is 0 Å². The molecule has 0 bridgehead atoms. The fourth-order valence-corrected chi connectivity index (χ4v) is 0.520. The van der Waals surface area contributed by atoms with E-state index in [0.29, 0.717) is 0 Å². The summed E-state index contributed by atoms with van der Waals surface area (Å²) in [7, 11) is -4.83. The molecule has 0 saturated carbocycles. The first-order chi connectivity index (χ1) is 3.92. The lowest BCUT2D eigenvalue weighted by atomic mass is 14.9.